The highest BCUT2D eigenvalue weighted by Gasteiger charge is 2.28. The van der Waals surface area contributed by atoms with Gasteiger partial charge in [-0.1, -0.05) is 19.3 Å². The summed E-state index contributed by atoms with van der Waals surface area (Å²) in [7, 11) is 3.69. The van der Waals surface area contributed by atoms with Crippen LogP contribution in [0.15, 0.2) is 0 Å². The Bertz CT molecular complexity index is 225. The first-order chi connectivity index (χ1) is 8.42. The van der Waals surface area contributed by atoms with Gasteiger partial charge < -0.3 is 10.2 Å². The lowest BCUT2D eigenvalue weighted by molar-refractivity contribution is -0.137. The van der Waals surface area contributed by atoms with Crippen LogP contribution < -0.4 is 5.32 Å². The molecule has 108 valence electrons. The third kappa shape index (κ3) is 6.05. The van der Waals surface area contributed by atoms with E-state index in [1.54, 1.807) is 11.9 Å². The van der Waals surface area contributed by atoms with Crippen LogP contribution in [0.1, 0.15) is 38.5 Å². The zero-order valence-electron chi connectivity index (χ0n) is 11.4. The summed E-state index contributed by atoms with van der Waals surface area (Å²) < 4.78 is 36.4. The molecule has 2 nitrogen and oxygen atoms in total. The maximum atomic E-state index is 12.1. The average molecular weight is 266 g/mol. The summed E-state index contributed by atoms with van der Waals surface area (Å²) in [5.41, 5.74) is 0. The van der Waals surface area contributed by atoms with Crippen molar-refractivity contribution in [2.45, 2.75) is 50.7 Å². The van der Waals surface area contributed by atoms with E-state index in [4.69, 9.17) is 0 Å². The van der Waals surface area contributed by atoms with Crippen molar-refractivity contribution in [3.05, 3.63) is 0 Å². The van der Waals surface area contributed by atoms with Crippen LogP contribution in [-0.2, 0) is 0 Å². The zero-order valence-corrected chi connectivity index (χ0v) is 11.4. The Morgan fingerprint density at radius 1 is 1.22 bits per heavy atom. The number of alkyl halides is 3. The monoisotopic (exact) mass is 266 g/mol. The van der Waals surface area contributed by atoms with Gasteiger partial charge in [-0.05, 0) is 32.9 Å². The van der Waals surface area contributed by atoms with E-state index in [2.05, 4.69) is 5.32 Å². The zero-order chi connectivity index (χ0) is 13.6. The number of likely N-dealkylation sites (N-methyl/N-ethyl adjacent to an activating group) is 2. The van der Waals surface area contributed by atoms with Gasteiger partial charge in [0, 0.05) is 19.1 Å². The van der Waals surface area contributed by atoms with Crippen molar-refractivity contribution in [2.75, 3.05) is 27.2 Å². The van der Waals surface area contributed by atoms with Gasteiger partial charge in [0.15, 0.2) is 0 Å². The van der Waals surface area contributed by atoms with E-state index in [9.17, 15) is 13.2 Å². The summed E-state index contributed by atoms with van der Waals surface area (Å²) in [6.45, 7) is 0.797. The fourth-order valence-electron chi connectivity index (χ4n) is 2.76. The smallest absolute Gasteiger partial charge is 0.315 e. The largest absolute Gasteiger partial charge is 0.390 e. The molecule has 0 heterocycles. The Morgan fingerprint density at radius 3 is 2.33 bits per heavy atom. The Hall–Kier alpha value is -0.290. The quantitative estimate of drug-likeness (QED) is 0.795. The van der Waals surface area contributed by atoms with Gasteiger partial charge in [-0.15, -0.1) is 0 Å². The highest BCUT2D eigenvalue weighted by atomic mass is 19.4. The summed E-state index contributed by atoms with van der Waals surface area (Å²) in [4.78, 5) is 1.79. The van der Waals surface area contributed by atoms with Crippen LogP contribution in [0.3, 0.4) is 0 Å². The fourth-order valence-corrected chi connectivity index (χ4v) is 2.76. The van der Waals surface area contributed by atoms with E-state index in [0.717, 1.165) is 0 Å². The topological polar surface area (TPSA) is 15.3 Å². The Labute approximate surface area is 108 Å². The van der Waals surface area contributed by atoms with Crippen LogP contribution in [0.25, 0.3) is 0 Å². The van der Waals surface area contributed by atoms with Crippen LogP contribution in [0.5, 0.6) is 0 Å². The standard InChI is InChI=1S/C13H25F3N2/c1-17-12(11-6-4-3-5-7-11)10-18(2)9-8-13(14,15)16/h11-12,17H,3-10H2,1-2H3. The molecule has 0 bridgehead atoms. The molecule has 1 aliphatic carbocycles. The van der Waals surface area contributed by atoms with Crippen molar-refractivity contribution in [1.29, 1.82) is 0 Å². The molecular weight excluding hydrogens is 241 g/mol. The van der Waals surface area contributed by atoms with Crippen LogP contribution >= 0.6 is 0 Å². The van der Waals surface area contributed by atoms with Crippen molar-refractivity contribution in [3.63, 3.8) is 0 Å². The van der Waals surface area contributed by atoms with E-state index in [0.29, 0.717) is 18.5 Å². The number of halogens is 3. The molecule has 1 N–H and O–H groups in total. The number of nitrogens with zero attached hydrogens (tertiary/aromatic N) is 1. The first kappa shape index (κ1) is 15.8. The van der Waals surface area contributed by atoms with E-state index in [-0.39, 0.29) is 6.54 Å². The van der Waals surface area contributed by atoms with Gasteiger partial charge in [0.25, 0.3) is 0 Å². The Balaban J connectivity index is 2.32. The maximum absolute atomic E-state index is 12.1. The van der Waals surface area contributed by atoms with E-state index < -0.39 is 12.6 Å². The van der Waals surface area contributed by atoms with E-state index >= 15 is 0 Å². The normalized spacial score (nSPS) is 20.3. The maximum Gasteiger partial charge on any atom is 0.390 e. The number of hydrogen-bond acceptors (Lipinski definition) is 2. The first-order valence-corrected chi connectivity index (χ1v) is 6.85. The van der Waals surface area contributed by atoms with Crippen molar-refractivity contribution in [1.82, 2.24) is 10.2 Å². The average Bonchev–Trinajstić information content (AvgIpc) is 2.33. The molecule has 0 aliphatic heterocycles. The first-order valence-electron chi connectivity index (χ1n) is 6.85. The number of rotatable bonds is 6. The van der Waals surface area contributed by atoms with Crippen LogP contribution in [0.2, 0.25) is 0 Å². The molecule has 1 saturated carbocycles. The second-order valence-corrected chi connectivity index (χ2v) is 5.42. The molecule has 18 heavy (non-hydrogen) atoms. The number of hydrogen-bond donors (Lipinski definition) is 1. The molecule has 1 unspecified atom stereocenters. The lowest BCUT2D eigenvalue weighted by Gasteiger charge is -2.33. The predicted octanol–water partition coefficient (Wildman–Crippen LogP) is 3.04. The molecule has 0 spiro atoms. The molecule has 1 aliphatic rings. The van der Waals surface area contributed by atoms with Crippen molar-refractivity contribution in [2.24, 2.45) is 5.92 Å². The summed E-state index contributed by atoms with van der Waals surface area (Å²) >= 11 is 0. The van der Waals surface area contributed by atoms with Crippen molar-refractivity contribution < 1.29 is 13.2 Å². The number of nitrogens with one attached hydrogen (secondary N) is 1. The second-order valence-electron chi connectivity index (χ2n) is 5.42. The summed E-state index contributed by atoms with van der Waals surface area (Å²) in [6.07, 6.45) is 1.47. The molecule has 5 heteroatoms. The van der Waals surface area contributed by atoms with Crippen molar-refractivity contribution >= 4 is 0 Å². The fraction of sp³-hybridized carbons (Fsp3) is 1.00. The molecule has 0 radical (unpaired) electrons. The van der Waals surface area contributed by atoms with Crippen LogP contribution in [0, 0.1) is 5.92 Å². The van der Waals surface area contributed by atoms with Gasteiger partial charge in [0.2, 0.25) is 0 Å². The summed E-state index contributed by atoms with van der Waals surface area (Å²) in [5, 5.41) is 3.28. The summed E-state index contributed by atoms with van der Waals surface area (Å²) in [6, 6.07) is 0.323. The van der Waals surface area contributed by atoms with E-state index in [1.807, 2.05) is 7.05 Å². The van der Waals surface area contributed by atoms with Gasteiger partial charge in [-0.25, -0.2) is 0 Å². The van der Waals surface area contributed by atoms with Crippen LogP contribution in [-0.4, -0.2) is 44.3 Å². The van der Waals surface area contributed by atoms with Crippen molar-refractivity contribution in [3.8, 4) is 0 Å². The lowest BCUT2D eigenvalue weighted by Crippen LogP contribution is -2.44. The highest BCUT2D eigenvalue weighted by Crippen LogP contribution is 2.27. The molecule has 1 atom stereocenters. The minimum absolute atomic E-state index is 0.0917. The third-order valence-electron chi connectivity index (χ3n) is 3.88. The minimum atomic E-state index is -4.05. The molecular formula is C13H25F3N2. The molecule has 0 aromatic carbocycles. The predicted molar refractivity (Wildman–Crippen MR) is 67.6 cm³/mol. The van der Waals surface area contributed by atoms with Gasteiger partial charge in [0.05, 0.1) is 6.42 Å². The second kappa shape index (κ2) is 7.34. The van der Waals surface area contributed by atoms with Gasteiger partial charge in [-0.3, -0.25) is 0 Å². The van der Waals surface area contributed by atoms with Gasteiger partial charge in [0.1, 0.15) is 0 Å². The summed E-state index contributed by atoms with van der Waals surface area (Å²) in [5.74, 6) is 0.622. The van der Waals surface area contributed by atoms with Crippen LogP contribution in [0.4, 0.5) is 13.2 Å². The Kier molecular flexibility index (Phi) is 6.43. The molecule has 1 fully saturated rings. The van der Waals surface area contributed by atoms with Gasteiger partial charge >= 0.3 is 6.18 Å². The van der Waals surface area contributed by atoms with Gasteiger partial charge in [-0.2, -0.15) is 13.2 Å². The Morgan fingerprint density at radius 2 is 1.83 bits per heavy atom. The third-order valence-corrected chi connectivity index (χ3v) is 3.88. The minimum Gasteiger partial charge on any atom is -0.315 e. The molecule has 1 rings (SSSR count). The lowest BCUT2D eigenvalue weighted by atomic mass is 9.83. The highest BCUT2D eigenvalue weighted by molar-refractivity contribution is 4.80. The molecule has 0 aromatic rings. The molecule has 0 saturated heterocycles. The molecule has 0 aromatic heterocycles. The van der Waals surface area contributed by atoms with E-state index in [1.165, 1.54) is 32.1 Å². The SMILES string of the molecule is CNC(CN(C)CCC(F)(F)F)C1CCCCC1. The molecule has 0 amide bonds.